The normalized spacial score (nSPS) is 15.5. The van der Waals surface area contributed by atoms with Crippen LogP contribution >= 0.6 is 11.8 Å². The minimum atomic E-state index is -0.195. The van der Waals surface area contributed by atoms with E-state index >= 15 is 0 Å². The third kappa shape index (κ3) is 4.08. The highest BCUT2D eigenvalue weighted by molar-refractivity contribution is 7.99. The van der Waals surface area contributed by atoms with Gasteiger partial charge in [-0.25, -0.2) is 4.98 Å². The van der Waals surface area contributed by atoms with Gasteiger partial charge in [0.15, 0.2) is 5.16 Å². The second-order valence-corrected chi connectivity index (χ2v) is 6.85. The molecule has 1 atom stereocenters. The van der Waals surface area contributed by atoms with Crippen LogP contribution in [0.2, 0.25) is 0 Å². The number of carbonyl (C=O) groups excluding carboxylic acids is 2. The van der Waals surface area contributed by atoms with Crippen molar-refractivity contribution in [2.75, 3.05) is 16.4 Å². The summed E-state index contributed by atoms with van der Waals surface area (Å²) in [4.78, 5) is 39.8. The molecule has 0 spiro atoms. The fourth-order valence-corrected chi connectivity index (χ4v) is 3.87. The molecular weight excluding hydrogens is 340 g/mol. The first-order chi connectivity index (χ1) is 11.9. The van der Waals surface area contributed by atoms with E-state index in [-0.39, 0.29) is 29.8 Å². The van der Waals surface area contributed by atoms with Crippen LogP contribution in [0.3, 0.4) is 0 Å². The summed E-state index contributed by atoms with van der Waals surface area (Å²) in [5.74, 6) is 0.335. The fourth-order valence-electron chi connectivity index (χ4n) is 2.68. The molecule has 1 aromatic carbocycles. The SMILES string of the molecule is CC(=O)Nc1ccc(NC(=O)CC2CSc3nc(C)cc(=O)n32)cc1. The van der Waals surface area contributed by atoms with Crippen LogP contribution in [0.1, 0.15) is 25.1 Å². The lowest BCUT2D eigenvalue weighted by Gasteiger charge is -2.13. The predicted octanol–water partition coefficient (Wildman–Crippen LogP) is 2.19. The first-order valence-electron chi connectivity index (χ1n) is 7.83. The Hall–Kier alpha value is -2.61. The number of fused-ring (bicyclic) bond motifs is 1. The van der Waals surface area contributed by atoms with Gasteiger partial charge < -0.3 is 10.6 Å². The lowest BCUT2D eigenvalue weighted by atomic mass is 10.2. The molecule has 0 saturated carbocycles. The van der Waals surface area contributed by atoms with Crippen LogP contribution in [0.4, 0.5) is 11.4 Å². The smallest absolute Gasteiger partial charge is 0.254 e. The highest BCUT2D eigenvalue weighted by atomic mass is 32.2. The summed E-state index contributed by atoms with van der Waals surface area (Å²) in [6.07, 6.45) is 0.206. The van der Waals surface area contributed by atoms with E-state index in [2.05, 4.69) is 15.6 Å². The van der Waals surface area contributed by atoms with E-state index in [4.69, 9.17) is 0 Å². The molecule has 0 radical (unpaired) electrons. The Balaban J connectivity index is 1.65. The molecule has 2 aromatic rings. The Morgan fingerprint density at radius 3 is 2.52 bits per heavy atom. The zero-order valence-corrected chi connectivity index (χ0v) is 14.7. The molecule has 0 aliphatic carbocycles. The van der Waals surface area contributed by atoms with Crippen molar-refractivity contribution in [3.05, 3.63) is 46.4 Å². The highest BCUT2D eigenvalue weighted by Crippen LogP contribution is 2.32. The lowest BCUT2D eigenvalue weighted by molar-refractivity contribution is -0.117. The van der Waals surface area contributed by atoms with Crippen LogP contribution in [0.15, 0.2) is 40.3 Å². The average Bonchev–Trinajstić information content (AvgIpc) is 2.91. The van der Waals surface area contributed by atoms with E-state index in [0.29, 0.717) is 28.0 Å². The van der Waals surface area contributed by atoms with Gasteiger partial charge in [0, 0.05) is 42.2 Å². The highest BCUT2D eigenvalue weighted by Gasteiger charge is 2.27. The number of rotatable bonds is 4. The maximum absolute atomic E-state index is 12.3. The zero-order valence-electron chi connectivity index (χ0n) is 13.9. The summed E-state index contributed by atoms with van der Waals surface area (Å²) >= 11 is 1.49. The Morgan fingerprint density at radius 1 is 1.24 bits per heavy atom. The molecule has 3 rings (SSSR count). The molecule has 0 fully saturated rings. The topological polar surface area (TPSA) is 93.1 Å². The molecule has 1 aromatic heterocycles. The lowest BCUT2D eigenvalue weighted by Crippen LogP contribution is -2.27. The minimum Gasteiger partial charge on any atom is -0.326 e. The van der Waals surface area contributed by atoms with Crippen molar-refractivity contribution in [2.45, 2.75) is 31.5 Å². The van der Waals surface area contributed by atoms with Crippen molar-refractivity contribution in [1.29, 1.82) is 0 Å². The van der Waals surface area contributed by atoms with E-state index in [1.165, 1.54) is 24.8 Å². The summed E-state index contributed by atoms with van der Waals surface area (Å²) in [5.41, 5.74) is 1.87. The molecule has 2 heterocycles. The predicted molar refractivity (Wildman–Crippen MR) is 97.0 cm³/mol. The van der Waals surface area contributed by atoms with Gasteiger partial charge in [-0.3, -0.25) is 19.0 Å². The monoisotopic (exact) mass is 358 g/mol. The van der Waals surface area contributed by atoms with Crippen LogP contribution in [0.5, 0.6) is 0 Å². The molecule has 1 aliphatic heterocycles. The van der Waals surface area contributed by atoms with Gasteiger partial charge in [-0.05, 0) is 31.2 Å². The van der Waals surface area contributed by atoms with Gasteiger partial charge >= 0.3 is 0 Å². The number of hydrogen-bond acceptors (Lipinski definition) is 5. The number of amides is 2. The number of nitrogens with one attached hydrogen (secondary N) is 2. The maximum atomic E-state index is 12.3. The van der Waals surface area contributed by atoms with Gasteiger partial charge in [-0.15, -0.1) is 0 Å². The molecule has 8 heteroatoms. The number of nitrogens with zero attached hydrogens (tertiary/aromatic N) is 2. The molecule has 2 amide bonds. The number of aryl methyl sites for hydroxylation is 1. The van der Waals surface area contributed by atoms with E-state index in [0.717, 1.165) is 0 Å². The van der Waals surface area contributed by atoms with Gasteiger partial charge in [0.25, 0.3) is 5.56 Å². The van der Waals surface area contributed by atoms with Crippen LogP contribution in [-0.2, 0) is 9.59 Å². The van der Waals surface area contributed by atoms with Crippen molar-refractivity contribution < 1.29 is 9.59 Å². The quantitative estimate of drug-likeness (QED) is 0.817. The summed E-state index contributed by atoms with van der Waals surface area (Å²) in [7, 11) is 0. The second kappa shape index (κ2) is 7.10. The molecule has 1 unspecified atom stereocenters. The van der Waals surface area contributed by atoms with Gasteiger partial charge in [-0.1, -0.05) is 11.8 Å². The number of benzene rings is 1. The summed E-state index contributed by atoms with van der Waals surface area (Å²) < 4.78 is 1.59. The van der Waals surface area contributed by atoms with E-state index in [1.807, 2.05) is 0 Å². The molecule has 1 aliphatic rings. The third-order valence-corrected chi connectivity index (χ3v) is 4.83. The zero-order chi connectivity index (χ0) is 18.0. The molecular formula is C17H18N4O3S. The van der Waals surface area contributed by atoms with E-state index < -0.39 is 0 Å². The average molecular weight is 358 g/mol. The van der Waals surface area contributed by atoms with Crippen molar-refractivity contribution in [3.8, 4) is 0 Å². The van der Waals surface area contributed by atoms with Crippen molar-refractivity contribution >= 4 is 35.0 Å². The van der Waals surface area contributed by atoms with Crippen LogP contribution < -0.4 is 16.2 Å². The van der Waals surface area contributed by atoms with Crippen molar-refractivity contribution in [1.82, 2.24) is 9.55 Å². The molecule has 25 heavy (non-hydrogen) atoms. The number of carbonyl (C=O) groups is 2. The van der Waals surface area contributed by atoms with E-state index in [1.54, 1.807) is 35.8 Å². The van der Waals surface area contributed by atoms with Crippen LogP contribution in [-0.4, -0.2) is 27.1 Å². The summed E-state index contributed by atoms with van der Waals surface area (Å²) in [5, 5.41) is 6.15. The van der Waals surface area contributed by atoms with E-state index in [9.17, 15) is 14.4 Å². The molecule has 7 nitrogen and oxygen atoms in total. The summed E-state index contributed by atoms with van der Waals surface area (Å²) in [6.45, 7) is 3.22. The Labute approximate surface area is 148 Å². The standard InChI is InChI=1S/C17H18N4O3S/c1-10-7-16(24)21-14(9-25-17(21)18-10)8-15(23)20-13-5-3-12(4-6-13)19-11(2)22/h3-7,14H,8-9H2,1-2H3,(H,19,22)(H,20,23). The summed E-state index contributed by atoms with van der Waals surface area (Å²) in [6, 6.07) is 8.17. The van der Waals surface area contributed by atoms with Crippen LogP contribution in [0, 0.1) is 6.92 Å². The van der Waals surface area contributed by atoms with Gasteiger partial charge in [0.2, 0.25) is 11.8 Å². The third-order valence-electron chi connectivity index (χ3n) is 3.73. The number of thioether (sulfide) groups is 1. The number of aromatic nitrogens is 2. The maximum Gasteiger partial charge on any atom is 0.254 e. The molecule has 0 bridgehead atoms. The first kappa shape index (κ1) is 17.2. The fraction of sp³-hybridized carbons (Fsp3) is 0.294. The van der Waals surface area contributed by atoms with Gasteiger partial charge in [0.05, 0.1) is 6.04 Å². The minimum absolute atomic E-state index is 0.120. The first-order valence-corrected chi connectivity index (χ1v) is 8.81. The van der Waals surface area contributed by atoms with Gasteiger partial charge in [-0.2, -0.15) is 0 Å². The Morgan fingerprint density at radius 2 is 1.88 bits per heavy atom. The second-order valence-electron chi connectivity index (χ2n) is 5.86. The molecule has 0 saturated heterocycles. The van der Waals surface area contributed by atoms with Crippen molar-refractivity contribution in [3.63, 3.8) is 0 Å². The molecule has 2 N–H and O–H groups in total. The largest absolute Gasteiger partial charge is 0.326 e. The Bertz CT molecular complexity index is 876. The molecule has 130 valence electrons. The van der Waals surface area contributed by atoms with Crippen molar-refractivity contribution in [2.24, 2.45) is 0 Å². The number of anilines is 2. The number of hydrogen-bond donors (Lipinski definition) is 2. The van der Waals surface area contributed by atoms with Crippen LogP contribution in [0.25, 0.3) is 0 Å². The van der Waals surface area contributed by atoms with Gasteiger partial charge in [0.1, 0.15) is 0 Å². The Kier molecular flexibility index (Phi) is 4.89.